The van der Waals surface area contributed by atoms with Gasteiger partial charge in [0, 0.05) is 19.3 Å². The van der Waals surface area contributed by atoms with Crippen LogP contribution in [0.3, 0.4) is 0 Å². The zero-order chi connectivity index (χ0) is 56.9. The Morgan fingerprint density at radius 1 is 0.359 bits per heavy atom. The van der Waals surface area contributed by atoms with Crippen molar-refractivity contribution in [1.29, 1.82) is 0 Å². The number of phosphoric acid groups is 1. The number of carbonyl (C=O) groups is 3. The molecule has 0 aliphatic carbocycles. The highest BCUT2D eigenvalue weighted by Gasteiger charge is 2.28. The Labute approximate surface area is 473 Å². The summed E-state index contributed by atoms with van der Waals surface area (Å²) >= 11 is 0. The molecule has 0 aromatic heterocycles. The number of ether oxygens (including phenoxy) is 3. The highest BCUT2D eigenvalue weighted by Crippen LogP contribution is 2.43. The van der Waals surface area contributed by atoms with Gasteiger partial charge in [0.15, 0.2) is 6.10 Å². The van der Waals surface area contributed by atoms with E-state index in [-0.39, 0.29) is 25.9 Å². The van der Waals surface area contributed by atoms with Crippen LogP contribution in [0.5, 0.6) is 0 Å². The van der Waals surface area contributed by atoms with E-state index in [4.69, 9.17) is 23.3 Å². The van der Waals surface area contributed by atoms with Gasteiger partial charge in [-0.05, 0) is 135 Å². The first kappa shape index (κ1) is 73.4. The van der Waals surface area contributed by atoms with Crippen molar-refractivity contribution < 1.29 is 52.2 Å². The topological polar surface area (TPSA) is 155 Å². The summed E-state index contributed by atoms with van der Waals surface area (Å²) < 4.78 is 39.5. The van der Waals surface area contributed by atoms with E-state index in [1.54, 1.807) is 0 Å². The van der Waals surface area contributed by atoms with Crippen molar-refractivity contribution in [3.8, 4) is 0 Å². The summed E-state index contributed by atoms with van der Waals surface area (Å²) in [6.45, 7) is 4.19. The maximum absolute atomic E-state index is 12.9. The molecule has 0 aliphatic heterocycles. The van der Waals surface area contributed by atoms with Crippen LogP contribution in [0, 0.1) is 0 Å². The SMILES string of the molecule is CC/C=C\C/C=C\C/C=C\C/C=C\CCCCCCCCC(=O)OCC(COP(=O)(O)OCC(CO)OC(=O)CCCC/C=C\C/C=C\C/C=C\C/C=C\CC)OC(=O)CCCCCC/C=C\C/C=C\C/C=C\C/C=C\CC. The van der Waals surface area contributed by atoms with Crippen LogP contribution in [0.1, 0.15) is 213 Å². The fourth-order valence-corrected chi connectivity index (χ4v) is 8.11. The van der Waals surface area contributed by atoms with Crippen molar-refractivity contribution in [3.63, 3.8) is 0 Å². The van der Waals surface area contributed by atoms with Gasteiger partial charge in [0.25, 0.3) is 0 Å². The average molecular weight is 1110 g/mol. The molecule has 440 valence electrons. The summed E-state index contributed by atoms with van der Waals surface area (Å²) in [6.07, 6.45) is 75.2. The van der Waals surface area contributed by atoms with Gasteiger partial charge in [-0.1, -0.05) is 205 Å². The van der Waals surface area contributed by atoms with E-state index in [1.807, 2.05) is 0 Å². The maximum Gasteiger partial charge on any atom is 0.472 e. The lowest BCUT2D eigenvalue weighted by Gasteiger charge is -2.21. The fourth-order valence-electron chi connectivity index (χ4n) is 7.33. The van der Waals surface area contributed by atoms with Crippen molar-refractivity contribution in [2.45, 2.75) is 226 Å². The first-order chi connectivity index (χ1) is 38.2. The van der Waals surface area contributed by atoms with Crippen molar-refractivity contribution in [3.05, 3.63) is 146 Å². The number of esters is 3. The number of rotatable bonds is 53. The minimum Gasteiger partial charge on any atom is -0.462 e. The van der Waals surface area contributed by atoms with Crippen molar-refractivity contribution in [2.75, 3.05) is 26.4 Å². The molecular weight excluding hydrogens is 1000 g/mol. The molecule has 0 rings (SSSR count). The van der Waals surface area contributed by atoms with Crippen LogP contribution in [-0.4, -0.2) is 66.5 Å². The van der Waals surface area contributed by atoms with Gasteiger partial charge in [0.2, 0.25) is 0 Å². The van der Waals surface area contributed by atoms with Gasteiger partial charge in [-0.2, -0.15) is 0 Å². The molecule has 11 nitrogen and oxygen atoms in total. The van der Waals surface area contributed by atoms with Crippen LogP contribution in [-0.2, 0) is 42.2 Å². The predicted octanol–water partition coefficient (Wildman–Crippen LogP) is 17.9. The second-order valence-corrected chi connectivity index (χ2v) is 20.5. The largest absolute Gasteiger partial charge is 0.472 e. The molecular formula is C66H105O11P. The van der Waals surface area contributed by atoms with E-state index < -0.39 is 57.8 Å². The smallest absolute Gasteiger partial charge is 0.462 e. The minimum absolute atomic E-state index is 0.114. The van der Waals surface area contributed by atoms with Crippen LogP contribution in [0.2, 0.25) is 0 Å². The molecule has 12 heteroatoms. The Bertz CT molecular complexity index is 1860. The van der Waals surface area contributed by atoms with Crippen LogP contribution < -0.4 is 0 Å². The van der Waals surface area contributed by atoms with E-state index in [9.17, 15) is 28.9 Å². The molecule has 0 bridgehead atoms. The molecule has 0 saturated carbocycles. The third-order valence-corrected chi connectivity index (χ3v) is 12.7. The first-order valence-corrected chi connectivity index (χ1v) is 31.2. The molecule has 78 heavy (non-hydrogen) atoms. The number of hydrogen-bond donors (Lipinski definition) is 2. The third kappa shape index (κ3) is 56.1. The quantitative estimate of drug-likeness (QED) is 0.0197. The average Bonchev–Trinajstić information content (AvgIpc) is 3.43. The number of aliphatic hydroxyl groups excluding tert-OH is 1. The number of allylic oxidation sites excluding steroid dienone is 24. The zero-order valence-electron chi connectivity index (χ0n) is 48.6. The fraction of sp³-hybridized carbons (Fsp3) is 0.591. The molecule has 0 heterocycles. The highest BCUT2D eigenvalue weighted by molar-refractivity contribution is 7.47. The molecule has 3 atom stereocenters. The Morgan fingerprint density at radius 3 is 0.987 bits per heavy atom. The van der Waals surface area contributed by atoms with Gasteiger partial charge in [-0.25, -0.2) is 4.57 Å². The van der Waals surface area contributed by atoms with E-state index >= 15 is 0 Å². The van der Waals surface area contributed by atoms with Gasteiger partial charge in [0.05, 0.1) is 19.8 Å². The summed E-state index contributed by atoms with van der Waals surface area (Å²) in [5, 5.41) is 9.82. The monoisotopic (exact) mass is 1100 g/mol. The van der Waals surface area contributed by atoms with E-state index in [1.165, 1.54) is 0 Å². The maximum atomic E-state index is 12.9. The van der Waals surface area contributed by atoms with Crippen LogP contribution >= 0.6 is 7.82 Å². The molecule has 0 radical (unpaired) electrons. The molecule has 0 fully saturated rings. The normalized spacial score (nSPS) is 14.4. The lowest BCUT2D eigenvalue weighted by molar-refractivity contribution is -0.161. The number of hydrogen-bond acceptors (Lipinski definition) is 10. The predicted molar refractivity (Wildman–Crippen MR) is 325 cm³/mol. The zero-order valence-corrected chi connectivity index (χ0v) is 49.5. The second kappa shape index (κ2) is 58.5. The second-order valence-electron chi connectivity index (χ2n) is 19.0. The highest BCUT2D eigenvalue weighted by atomic mass is 31.2. The lowest BCUT2D eigenvalue weighted by Crippen LogP contribution is -2.30. The van der Waals surface area contributed by atoms with E-state index in [0.717, 1.165) is 154 Å². The van der Waals surface area contributed by atoms with Gasteiger partial charge in [0.1, 0.15) is 12.7 Å². The van der Waals surface area contributed by atoms with Gasteiger partial charge in [-0.15, -0.1) is 0 Å². The molecule has 2 N–H and O–H groups in total. The number of unbranched alkanes of at least 4 members (excludes halogenated alkanes) is 12. The third-order valence-electron chi connectivity index (χ3n) is 11.7. The first-order valence-electron chi connectivity index (χ1n) is 29.7. The van der Waals surface area contributed by atoms with Gasteiger partial charge in [-0.3, -0.25) is 23.4 Å². The standard InChI is InChI=1S/C66H105O11P/c1-4-7-10-13-16-19-22-25-28-30-31-33-35-37-40-43-46-49-52-55-64(68)73-59-63(77-66(70)57-54-51-48-45-42-39-36-32-29-26-23-20-17-14-11-8-5-2)61-75-78(71,72)74-60-62(58-67)76-65(69)56-53-50-47-44-41-38-34-27-24-21-18-15-12-9-6-3/h7-12,16-21,25-29,31,33-34,36,39,41,44,62-63,67H,4-6,13-15,22-24,30,32,35,37-38,40,42-43,45-61H2,1-3H3,(H,71,72)/b10-7-,11-8-,12-9-,19-16-,20-17-,21-18-,28-25-,29-26-,33-31-,34-27-,39-36-,44-41-. The summed E-state index contributed by atoms with van der Waals surface area (Å²) in [7, 11) is -4.78. The van der Waals surface area contributed by atoms with Crippen LogP contribution in [0.25, 0.3) is 0 Å². The molecule has 0 aromatic rings. The Balaban J connectivity index is 4.85. The Morgan fingerprint density at radius 2 is 0.628 bits per heavy atom. The molecule has 0 aromatic carbocycles. The summed E-state index contributed by atoms with van der Waals surface area (Å²) in [5.41, 5.74) is 0. The molecule has 0 saturated heterocycles. The van der Waals surface area contributed by atoms with Crippen molar-refractivity contribution in [2.24, 2.45) is 0 Å². The van der Waals surface area contributed by atoms with E-state index in [0.29, 0.717) is 19.3 Å². The van der Waals surface area contributed by atoms with E-state index in [2.05, 4.69) is 167 Å². The number of phosphoric ester groups is 1. The van der Waals surface area contributed by atoms with Crippen molar-refractivity contribution >= 4 is 25.7 Å². The minimum atomic E-state index is -4.78. The number of carbonyl (C=O) groups excluding carboxylic acids is 3. The van der Waals surface area contributed by atoms with Crippen LogP contribution in [0.15, 0.2) is 146 Å². The van der Waals surface area contributed by atoms with Gasteiger partial charge < -0.3 is 24.2 Å². The Hall–Kier alpha value is -4.64. The lowest BCUT2D eigenvalue weighted by atomic mass is 10.1. The summed E-state index contributed by atoms with van der Waals surface area (Å²) in [4.78, 5) is 48.6. The summed E-state index contributed by atoms with van der Waals surface area (Å²) in [5.74, 6) is -1.57. The molecule has 3 unspecified atom stereocenters. The molecule has 0 amide bonds. The summed E-state index contributed by atoms with van der Waals surface area (Å²) in [6, 6.07) is 0. The van der Waals surface area contributed by atoms with Crippen LogP contribution in [0.4, 0.5) is 0 Å². The molecule has 0 aliphatic rings. The van der Waals surface area contributed by atoms with Crippen molar-refractivity contribution in [1.82, 2.24) is 0 Å². The molecule has 0 spiro atoms. The number of aliphatic hydroxyl groups is 1. The van der Waals surface area contributed by atoms with Gasteiger partial charge >= 0.3 is 25.7 Å². The Kier molecular flexibility index (Phi) is 55.0.